The van der Waals surface area contributed by atoms with E-state index in [-0.39, 0.29) is 23.2 Å². The van der Waals surface area contributed by atoms with E-state index >= 15 is 0 Å². The summed E-state index contributed by atoms with van der Waals surface area (Å²) >= 11 is 0.953. The smallest absolute Gasteiger partial charge is 0.298 e. The number of hydrogen-bond acceptors (Lipinski definition) is 4. The Kier molecular flexibility index (Phi) is 6.20. The van der Waals surface area contributed by atoms with E-state index in [4.69, 9.17) is 0 Å². The van der Waals surface area contributed by atoms with Crippen LogP contribution in [0.1, 0.15) is 27.1 Å². The van der Waals surface area contributed by atoms with E-state index in [0.717, 1.165) is 11.3 Å². The largest absolute Gasteiger partial charge is 0.416 e. The molecule has 5 nitrogen and oxygen atoms in total. The van der Waals surface area contributed by atoms with E-state index < -0.39 is 29.4 Å². The van der Waals surface area contributed by atoms with Crippen LogP contribution in [-0.4, -0.2) is 20.7 Å². The van der Waals surface area contributed by atoms with Gasteiger partial charge in [-0.2, -0.15) is 31.4 Å². The van der Waals surface area contributed by atoms with Crippen molar-refractivity contribution < 1.29 is 31.1 Å². The van der Waals surface area contributed by atoms with Crippen molar-refractivity contribution in [3.8, 4) is 0 Å². The van der Waals surface area contributed by atoms with Gasteiger partial charge in [-0.3, -0.25) is 14.8 Å². The highest BCUT2D eigenvalue weighted by atomic mass is 32.1. The predicted molar refractivity (Wildman–Crippen MR) is 102 cm³/mol. The minimum absolute atomic E-state index is 0.0798. The maximum Gasteiger partial charge on any atom is 0.416 e. The Morgan fingerprint density at radius 1 is 1.10 bits per heavy atom. The first kappa shape index (κ1) is 22.5. The number of alkyl halides is 6. The molecule has 0 saturated carbocycles. The fourth-order valence-electron chi connectivity index (χ4n) is 2.61. The molecule has 2 aromatic heterocycles. The molecule has 31 heavy (non-hydrogen) atoms. The minimum Gasteiger partial charge on any atom is -0.298 e. The molecule has 1 N–H and O–H groups in total. The van der Waals surface area contributed by atoms with E-state index in [1.54, 1.807) is 24.1 Å². The summed E-state index contributed by atoms with van der Waals surface area (Å²) in [4.78, 5) is 16.3. The summed E-state index contributed by atoms with van der Waals surface area (Å²) in [5.74, 6) is -0.497. The number of carbonyl (C=O) groups excluding carboxylic acids is 1. The molecule has 0 aliphatic rings. The first-order chi connectivity index (χ1) is 14.4. The minimum atomic E-state index is -4.91. The zero-order valence-electron chi connectivity index (χ0n) is 15.8. The summed E-state index contributed by atoms with van der Waals surface area (Å²) in [7, 11) is 1.72. The van der Waals surface area contributed by atoms with Crippen LogP contribution in [0.15, 0.2) is 42.9 Å². The third-order valence-electron chi connectivity index (χ3n) is 3.96. The topological polar surface area (TPSA) is 59.8 Å². The van der Waals surface area contributed by atoms with Crippen molar-refractivity contribution in [2.45, 2.75) is 18.8 Å². The first-order valence-corrected chi connectivity index (χ1v) is 9.42. The second-order valence-corrected chi connectivity index (χ2v) is 7.61. The summed E-state index contributed by atoms with van der Waals surface area (Å²) in [6.07, 6.45) is -2.72. The second kappa shape index (κ2) is 8.53. The summed E-state index contributed by atoms with van der Waals surface area (Å²) in [6, 6.07) is 1.42. The van der Waals surface area contributed by atoms with Gasteiger partial charge in [-0.05, 0) is 29.8 Å². The highest BCUT2D eigenvalue weighted by Crippen LogP contribution is 2.37. The Labute approximate surface area is 176 Å². The first-order valence-electron chi connectivity index (χ1n) is 8.61. The highest BCUT2D eigenvalue weighted by Gasteiger charge is 2.36. The average molecular weight is 460 g/mol. The molecule has 0 spiro atoms. The van der Waals surface area contributed by atoms with Crippen LogP contribution < -0.4 is 5.32 Å². The molecule has 164 valence electrons. The van der Waals surface area contributed by atoms with Crippen molar-refractivity contribution in [3.05, 3.63) is 70.0 Å². The Balaban J connectivity index is 1.73. The molecule has 12 heteroatoms. The van der Waals surface area contributed by atoms with Gasteiger partial charge >= 0.3 is 12.4 Å². The average Bonchev–Trinajstić information content (AvgIpc) is 3.27. The number of aromatic nitrogens is 3. The number of thiazole rings is 1. The fraction of sp³-hybridized carbons (Fsp3) is 0.211. The summed E-state index contributed by atoms with van der Waals surface area (Å²) in [5.41, 5.74) is -2.23. The number of benzene rings is 1. The van der Waals surface area contributed by atoms with Crippen LogP contribution in [0.5, 0.6) is 0 Å². The van der Waals surface area contributed by atoms with E-state index in [9.17, 15) is 31.1 Å². The van der Waals surface area contributed by atoms with Gasteiger partial charge in [0.15, 0.2) is 5.13 Å². The molecule has 3 aromatic rings. The quantitative estimate of drug-likeness (QED) is 0.423. The van der Waals surface area contributed by atoms with Crippen molar-refractivity contribution in [1.29, 1.82) is 0 Å². The van der Waals surface area contributed by atoms with Gasteiger partial charge < -0.3 is 0 Å². The Morgan fingerprint density at radius 2 is 1.74 bits per heavy atom. The molecule has 0 radical (unpaired) electrons. The van der Waals surface area contributed by atoms with Gasteiger partial charge in [0.05, 0.1) is 17.3 Å². The number of halogens is 6. The van der Waals surface area contributed by atoms with Crippen molar-refractivity contribution in [2.24, 2.45) is 7.05 Å². The van der Waals surface area contributed by atoms with Gasteiger partial charge in [0, 0.05) is 42.4 Å². The molecule has 0 bridgehead atoms. The van der Waals surface area contributed by atoms with E-state index in [1.165, 1.54) is 18.3 Å². The monoisotopic (exact) mass is 460 g/mol. The zero-order chi connectivity index (χ0) is 22.8. The van der Waals surface area contributed by atoms with Gasteiger partial charge in [-0.1, -0.05) is 0 Å². The van der Waals surface area contributed by atoms with E-state index in [0.29, 0.717) is 22.6 Å². The van der Waals surface area contributed by atoms with Crippen LogP contribution in [0.2, 0.25) is 0 Å². The lowest BCUT2D eigenvalue weighted by molar-refractivity contribution is -0.143. The molecule has 0 fully saturated rings. The molecule has 0 unspecified atom stereocenters. The number of hydrogen-bond donors (Lipinski definition) is 1. The van der Waals surface area contributed by atoms with Crippen molar-refractivity contribution in [2.75, 3.05) is 5.32 Å². The lowest BCUT2D eigenvalue weighted by Gasteiger charge is -2.13. The standard InChI is InChI=1S/C19H14F6N4OS/c1-29-10-11(8-27-29)2-3-16(30)28-17-26-9-15(31-17)6-12-4-13(18(20,21)22)7-14(5-12)19(23,24)25/h2-5,7-10H,6H2,1H3,(H,26,28,30)/b3-2+. The maximum atomic E-state index is 13.0. The molecule has 1 amide bonds. The molecule has 0 aliphatic heterocycles. The molecular formula is C19H14F6N4OS. The zero-order valence-corrected chi connectivity index (χ0v) is 16.6. The lowest BCUT2D eigenvalue weighted by Crippen LogP contribution is -2.11. The second-order valence-electron chi connectivity index (χ2n) is 6.49. The van der Waals surface area contributed by atoms with Gasteiger partial charge in [-0.25, -0.2) is 4.98 Å². The number of amides is 1. The van der Waals surface area contributed by atoms with Crippen molar-refractivity contribution in [1.82, 2.24) is 14.8 Å². The van der Waals surface area contributed by atoms with E-state index in [1.807, 2.05) is 0 Å². The van der Waals surface area contributed by atoms with Crippen LogP contribution in [-0.2, 0) is 30.6 Å². The van der Waals surface area contributed by atoms with Gasteiger partial charge in [-0.15, -0.1) is 11.3 Å². The van der Waals surface area contributed by atoms with Crippen LogP contribution >= 0.6 is 11.3 Å². The lowest BCUT2D eigenvalue weighted by atomic mass is 10.0. The van der Waals surface area contributed by atoms with Gasteiger partial charge in [0.1, 0.15) is 0 Å². The number of carbonyl (C=O) groups is 1. The number of nitrogens with one attached hydrogen (secondary N) is 1. The van der Waals surface area contributed by atoms with Crippen LogP contribution in [0.25, 0.3) is 6.08 Å². The van der Waals surface area contributed by atoms with E-state index in [2.05, 4.69) is 15.4 Å². The Morgan fingerprint density at radius 3 is 2.29 bits per heavy atom. The summed E-state index contributed by atoms with van der Waals surface area (Å²) in [6.45, 7) is 0. The summed E-state index contributed by atoms with van der Waals surface area (Å²) in [5, 5.41) is 6.60. The number of rotatable bonds is 5. The van der Waals surface area contributed by atoms with Crippen LogP contribution in [0, 0.1) is 0 Å². The molecule has 1 aromatic carbocycles. The van der Waals surface area contributed by atoms with Crippen molar-refractivity contribution in [3.63, 3.8) is 0 Å². The highest BCUT2D eigenvalue weighted by molar-refractivity contribution is 7.15. The Hall–Kier alpha value is -3.15. The third-order valence-corrected chi connectivity index (χ3v) is 4.87. The molecule has 2 heterocycles. The maximum absolute atomic E-state index is 13.0. The number of nitrogens with zero attached hydrogens (tertiary/aromatic N) is 3. The van der Waals surface area contributed by atoms with Crippen LogP contribution in [0.4, 0.5) is 31.5 Å². The molecule has 3 rings (SSSR count). The molecule has 0 aliphatic carbocycles. The SMILES string of the molecule is Cn1cc(/C=C/C(=O)Nc2ncc(Cc3cc(C(F)(F)F)cc(C(F)(F)F)c3)s2)cn1. The molecule has 0 saturated heterocycles. The van der Waals surface area contributed by atoms with Gasteiger partial charge in [0.2, 0.25) is 5.91 Å². The normalized spacial score (nSPS) is 12.5. The predicted octanol–water partition coefficient (Wildman–Crippen LogP) is 5.16. The van der Waals surface area contributed by atoms with Crippen LogP contribution in [0.3, 0.4) is 0 Å². The number of aryl methyl sites for hydroxylation is 1. The van der Waals surface area contributed by atoms with Crippen molar-refractivity contribution >= 4 is 28.5 Å². The third kappa shape index (κ3) is 6.17. The Bertz CT molecular complexity index is 1080. The van der Waals surface area contributed by atoms with Gasteiger partial charge in [0.25, 0.3) is 0 Å². The summed E-state index contributed by atoms with van der Waals surface area (Å²) < 4.78 is 79.5. The molecule has 0 atom stereocenters. The number of anilines is 1. The fourth-order valence-corrected chi connectivity index (χ4v) is 3.46. The molecular weight excluding hydrogens is 446 g/mol.